The van der Waals surface area contributed by atoms with Crippen LogP contribution in [-0.2, 0) is 6.54 Å². The van der Waals surface area contributed by atoms with Crippen molar-refractivity contribution in [1.82, 2.24) is 24.9 Å². The van der Waals surface area contributed by atoms with Gasteiger partial charge >= 0.3 is 0 Å². The molecule has 2 unspecified atom stereocenters. The van der Waals surface area contributed by atoms with Crippen molar-refractivity contribution < 1.29 is 0 Å². The summed E-state index contributed by atoms with van der Waals surface area (Å²) in [6.45, 7) is 7.21. The smallest absolute Gasteiger partial charge is 0.0645 e. The molecule has 5 nitrogen and oxygen atoms in total. The molecule has 120 valence electrons. The number of hydrogen-bond donors (Lipinski definition) is 1. The van der Waals surface area contributed by atoms with Crippen LogP contribution in [0.25, 0.3) is 5.69 Å². The molecule has 0 fully saturated rings. The molecule has 0 aliphatic rings. The molecular formula is C18H23N5. The van der Waals surface area contributed by atoms with Gasteiger partial charge in [0.1, 0.15) is 0 Å². The van der Waals surface area contributed by atoms with Crippen LogP contribution in [0.2, 0.25) is 0 Å². The third-order valence-corrected chi connectivity index (χ3v) is 4.16. The Balaban J connectivity index is 1.59. The second-order valence-corrected chi connectivity index (χ2v) is 6.04. The van der Waals surface area contributed by atoms with Crippen LogP contribution in [0.15, 0.2) is 55.1 Å². The van der Waals surface area contributed by atoms with Crippen LogP contribution in [0.3, 0.4) is 0 Å². The lowest BCUT2D eigenvalue weighted by molar-refractivity contribution is 0.365. The van der Waals surface area contributed by atoms with Crippen molar-refractivity contribution >= 4 is 0 Å². The van der Waals surface area contributed by atoms with Crippen molar-refractivity contribution in [2.45, 2.75) is 39.4 Å². The molecule has 1 N–H and O–H groups in total. The summed E-state index contributed by atoms with van der Waals surface area (Å²) in [4.78, 5) is 0. The molecule has 5 heteroatoms. The van der Waals surface area contributed by atoms with Crippen molar-refractivity contribution in [1.29, 1.82) is 0 Å². The lowest BCUT2D eigenvalue weighted by Crippen LogP contribution is -2.33. The van der Waals surface area contributed by atoms with Gasteiger partial charge in [0.05, 0.1) is 24.1 Å². The molecule has 2 heterocycles. The van der Waals surface area contributed by atoms with E-state index in [1.54, 1.807) is 0 Å². The number of hydrogen-bond acceptors (Lipinski definition) is 3. The van der Waals surface area contributed by atoms with E-state index in [0.29, 0.717) is 12.1 Å². The van der Waals surface area contributed by atoms with Crippen LogP contribution in [-0.4, -0.2) is 25.6 Å². The minimum Gasteiger partial charge on any atom is -0.308 e. The Hall–Kier alpha value is -2.40. The van der Waals surface area contributed by atoms with E-state index < -0.39 is 0 Å². The number of nitrogens with zero attached hydrogens (tertiary/aromatic N) is 4. The van der Waals surface area contributed by atoms with E-state index >= 15 is 0 Å². The summed E-state index contributed by atoms with van der Waals surface area (Å²) in [6, 6.07) is 10.8. The molecule has 0 aliphatic carbocycles. The first-order valence-electron chi connectivity index (χ1n) is 7.96. The summed E-state index contributed by atoms with van der Waals surface area (Å²) in [5.41, 5.74) is 3.44. The predicted octanol–water partition coefficient (Wildman–Crippen LogP) is 3.12. The van der Waals surface area contributed by atoms with Crippen LogP contribution >= 0.6 is 0 Å². The Morgan fingerprint density at radius 3 is 2.52 bits per heavy atom. The van der Waals surface area contributed by atoms with Crippen molar-refractivity contribution in [3.8, 4) is 5.69 Å². The van der Waals surface area contributed by atoms with Gasteiger partial charge in [-0.2, -0.15) is 10.2 Å². The molecule has 0 saturated heterocycles. The second-order valence-electron chi connectivity index (χ2n) is 6.04. The molecule has 2 aromatic heterocycles. The van der Waals surface area contributed by atoms with Crippen molar-refractivity contribution in [2.24, 2.45) is 0 Å². The maximum absolute atomic E-state index is 4.43. The fraction of sp³-hybridized carbons (Fsp3) is 0.333. The average Bonchev–Trinajstić information content (AvgIpc) is 3.22. The third kappa shape index (κ3) is 3.68. The Kier molecular flexibility index (Phi) is 4.57. The van der Waals surface area contributed by atoms with E-state index in [-0.39, 0.29) is 0 Å². The summed E-state index contributed by atoms with van der Waals surface area (Å²) in [7, 11) is 0. The van der Waals surface area contributed by atoms with Gasteiger partial charge in [0.2, 0.25) is 0 Å². The maximum Gasteiger partial charge on any atom is 0.0645 e. The van der Waals surface area contributed by atoms with E-state index in [4.69, 9.17) is 0 Å². The number of rotatable bonds is 6. The molecule has 0 aliphatic heterocycles. The number of aromatic nitrogens is 4. The number of para-hydroxylation sites is 1. The molecule has 3 rings (SSSR count). The van der Waals surface area contributed by atoms with E-state index in [2.05, 4.69) is 60.8 Å². The standard InChI is InChI=1S/C18H23N5/c1-14-9-20-22(12-14)16(3)15(2)19-10-17-11-21-23(13-17)18-7-5-4-6-8-18/h4-9,11-13,15-16,19H,10H2,1-3H3. The van der Waals surface area contributed by atoms with Gasteiger partial charge in [-0.05, 0) is 38.5 Å². The summed E-state index contributed by atoms with van der Waals surface area (Å²) >= 11 is 0. The molecular weight excluding hydrogens is 286 g/mol. The van der Waals surface area contributed by atoms with Gasteiger partial charge in [0, 0.05) is 30.5 Å². The van der Waals surface area contributed by atoms with Crippen LogP contribution in [0.5, 0.6) is 0 Å². The number of nitrogens with one attached hydrogen (secondary N) is 1. The highest BCUT2D eigenvalue weighted by Gasteiger charge is 2.14. The summed E-state index contributed by atoms with van der Waals surface area (Å²) in [5.74, 6) is 0. The number of aryl methyl sites for hydroxylation is 1. The van der Waals surface area contributed by atoms with Crippen LogP contribution in [0, 0.1) is 6.92 Å². The zero-order chi connectivity index (χ0) is 16.2. The van der Waals surface area contributed by atoms with Crippen molar-refractivity contribution in [3.05, 3.63) is 66.2 Å². The lowest BCUT2D eigenvalue weighted by Gasteiger charge is -2.21. The fourth-order valence-corrected chi connectivity index (χ4v) is 2.51. The van der Waals surface area contributed by atoms with Gasteiger partial charge < -0.3 is 5.32 Å². The van der Waals surface area contributed by atoms with Gasteiger partial charge in [-0.25, -0.2) is 4.68 Å². The molecule has 0 spiro atoms. The van der Waals surface area contributed by atoms with E-state index in [1.807, 2.05) is 40.0 Å². The van der Waals surface area contributed by atoms with E-state index in [0.717, 1.165) is 12.2 Å². The summed E-state index contributed by atoms with van der Waals surface area (Å²) < 4.78 is 3.92. The molecule has 1 aromatic carbocycles. The van der Waals surface area contributed by atoms with Crippen molar-refractivity contribution in [2.75, 3.05) is 0 Å². The Morgan fingerprint density at radius 1 is 1.04 bits per heavy atom. The van der Waals surface area contributed by atoms with E-state index in [9.17, 15) is 0 Å². The molecule has 2 atom stereocenters. The Morgan fingerprint density at radius 2 is 1.83 bits per heavy atom. The Bertz CT molecular complexity index is 744. The molecule has 3 aromatic rings. The number of benzene rings is 1. The topological polar surface area (TPSA) is 47.7 Å². The Labute approximate surface area is 136 Å². The molecule has 23 heavy (non-hydrogen) atoms. The summed E-state index contributed by atoms with van der Waals surface area (Å²) in [6.07, 6.45) is 7.95. The normalized spacial score (nSPS) is 13.9. The van der Waals surface area contributed by atoms with Crippen LogP contribution < -0.4 is 5.32 Å². The van der Waals surface area contributed by atoms with E-state index in [1.165, 1.54) is 11.1 Å². The predicted molar refractivity (Wildman–Crippen MR) is 91.5 cm³/mol. The third-order valence-electron chi connectivity index (χ3n) is 4.16. The zero-order valence-corrected chi connectivity index (χ0v) is 13.8. The minimum atomic E-state index is 0.299. The van der Waals surface area contributed by atoms with Gasteiger partial charge in [-0.3, -0.25) is 4.68 Å². The minimum absolute atomic E-state index is 0.299. The lowest BCUT2D eigenvalue weighted by atomic mass is 10.1. The summed E-state index contributed by atoms with van der Waals surface area (Å²) in [5, 5.41) is 12.4. The van der Waals surface area contributed by atoms with Gasteiger partial charge in [-0.1, -0.05) is 18.2 Å². The molecule has 0 amide bonds. The first kappa shape index (κ1) is 15.5. The fourth-order valence-electron chi connectivity index (χ4n) is 2.51. The zero-order valence-electron chi connectivity index (χ0n) is 13.8. The average molecular weight is 309 g/mol. The first-order chi connectivity index (χ1) is 11.1. The van der Waals surface area contributed by atoms with Crippen molar-refractivity contribution in [3.63, 3.8) is 0 Å². The monoisotopic (exact) mass is 309 g/mol. The molecule has 0 saturated carbocycles. The maximum atomic E-state index is 4.43. The SMILES string of the molecule is Cc1cnn(C(C)C(C)NCc2cnn(-c3ccccc3)c2)c1. The highest BCUT2D eigenvalue weighted by molar-refractivity contribution is 5.30. The quantitative estimate of drug-likeness (QED) is 0.761. The second kappa shape index (κ2) is 6.79. The van der Waals surface area contributed by atoms with Gasteiger partial charge in [0.15, 0.2) is 0 Å². The molecule has 0 bridgehead atoms. The highest BCUT2D eigenvalue weighted by atomic mass is 15.3. The van der Waals surface area contributed by atoms with Crippen LogP contribution in [0.4, 0.5) is 0 Å². The highest BCUT2D eigenvalue weighted by Crippen LogP contribution is 2.12. The first-order valence-corrected chi connectivity index (χ1v) is 7.96. The molecule has 0 radical (unpaired) electrons. The largest absolute Gasteiger partial charge is 0.308 e. The van der Waals surface area contributed by atoms with Gasteiger partial charge in [-0.15, -0.1) is 0 Å². The van der Waals surface area contributed by atoms with Crippen LogP contribution in [0.1, 0.15) is 31.0 Å². The van der Waals surface area contributed by atoms with Gasteiger partial charge in [0.25, 0.3) is 0 Å².